The molecule has 0 saturated heterocycles. The lowest BCUT2D eigenvalue weighted by Gasteiger charge is -2.21. The molecule has 0 radical (unpaired) electrons. The molecule has 0 aliphatic rings. The average molecular weight is 480 g/mol. The predicted octanol–water partition coefficient (Wildman–Crippen LogP) is 6.23. The van der Waals surface area contributed by atoms with Gasteiger partial charge in [0, 0.05) is 41.5 Å². The Balaban J connectivity index is 1.51. The van der Waals surface area contributed by atoms with Gasteiger partial charge in [0.2, 0.25) is 0 Å². The largest absolute Gasteiger partial charge is 0.488 e. The third-order valence-corrected chi connectivity index (χ3v) is 5.86. The van der Waals surface area contributed by atoms with Crippen LogP contribution in [0.1, 0.15) is 42.3 Å². The van der Waals surface area contributed by atoms with E-state index in [0.29, 0.717) is 11.3 Å². The fourth-order valence-corrected chi connectivity index (χ4v) is 4.27. The number of carbonyl (C=O) groups excluding carboxylic acids is 1. The quantitative estimate of drug-likeness (QED) is 0.324. The van der Waals surface area contributed by atoms with Gasteiger partial charge in [0.15, 0.2) is 5.65 Å². The first-order chi connectivity index (χ1) is 17.2. The molecule has 2 aromatic carbocycles. The highest BCUT2D eigenvalue weighted by Gasteiger charge is 2.17. The van der Waals surface area contributed by atoms with Gasteiger partial charge in [-0.2, -0.15) is 0 Å². The van der Waals surface area contributed by atoms with E-state index in [1.54, 1.807) is 18.3 Å². The van der Waals surface area contributed by atoms with Crippen molar-refractivity contribution in [2.45, 2.75) is 40.2 Å². The van der Waals surface area contributed by atoms with Crippen LogP contribution in [0.3, 0.4) is 0 Å². The predicted molar refractivity (Wildman–Crippen MR) is 142 cm³/mol. The van der Waals surface area contributed by atoms with Gasteiger partial charge in [-0.25, -0.2) is 9.50 Å². The van der Waals surface area contributed by atoms with Crippen molar-refractivity contribution in [3.05, 3.63) is 96.1 Å². The number of fused-ring (bicyclic) bond motifs is 1. The number of benzene rings is 2. The Morgan fingerprint density at radius 1 is 0.972 bits per heavy atom. The first-order valence-corrected chi connectivity index (χ1v) is 11.9. The number of nitrogens with zero attached hydrogens (tertiary/aromatic N) is 4. The summed E-state index contributed by atoms with van der Waals surface area (Å²) in [4.78, 5) is 22.0. The molecule has 0 bridgehead atoms. The number of anilines is 1. The van der Waals surface area contributed by atoms with Crippen molar-refractivity contribution >= 4 is 17.2 Å². The molecule has 7 heteroatoms. The number of imidazole rings is 1. The Kier molecular flexibility index (Phi) is 5.84. The van der Waals surface area contributed by atoms with Crippen LogP contribution in [0.15, 0.2) is 79.4 Å². The number of ether oxygens (including phenoxy) is 1. The molecule has 1 N–H and O–H groups in total. The average Bonchev–Trinajstić information content (AvgIpc) is 3.43. The van der Waals surface area contributed by atoms with Crippen LogP contribution in [0.25, 0.3) is 22.6 Å². The van der Waals surface area contributed by atoms with E-state index in [0.717, 1.165) is 39.4 Å². The number of aromatic nitrogens is 4. The molecule has 0 fully saturated rings. The van der Waals surface area contributed by atoms with Crippen LogP contribution >= 0.6 is 0 Å². The maximum Gasteiger partial charge on any atom is 0.255 e. The number of hydrogen-bond acceptors (Lipinski definition) is 4. The van der Waals surface area contributed by atoms with Crippen molar-refractivity contribution in [1.82, 2.24) is 19.2 Å². The first-order valence-electron chi connectivity index (χ1n) is 11.9. The van der Waals surface area contributed by atoms with E-state index in [-0.39, 0.29) is 11.5 Å². The SMILES string of the molecule is Cc1cc(C)c(-n2ccc3ncc(-c4cccnc4)n32)cc1NC(=O)c1cccc(OC(C)(C)C)c1. The molecule has 3 heterocycles. The molecular weight excluding hydrogens is 450 g/mol. The molecule has 0 atom stereocenters. The highest BCUT2D eigenvalue weighted by atomic mass is 16.5. The normalized spacial score (nSPS) is 11.6. The number of hydrogen-bond donors (Lipinski definition) is 1. The zero-order valence-corrected chi connectivity index (χ0v) is 21.1. The second-order valence-corrected chi connectivity index (χ2v) is 9.87. The first kappa shape index (κ1) is 23.4. The number of aryl methyl sites for hydroxylation is 2. The lowest BCUT2D eigenvalue weighted by molar-refractivity contribution is 0.102. The van der Waals surface area contributed by atoms with Crippen LogP contribution in [0.2, 0.25) is 0 Å². The van der Waals surface area contributed by atoms with Gasteiger partial charge in [-0.15, -0.1) is 0 Å². The summed E-state index contributed by atoms with van der Waals surface area (Å²) in [5.41, 5.74) is 6.67. The zero-order chi connectivity index (χ0) is 25.4. The van der Waals surface area contributed by atoms with Gasteiger partial charge >= 0.3 is 0 Å². The monoisotopic (exact) mass is 479 g/mol. The van der Waals surface area contributed by atoms with Gasteiger partial charge in [-0.1, -0.05) is 12.1 Å². The van der Waals surface area contributed by atoms with Crippen LogP contribution in [0.5, 0.6) is 5.75 Å². The van der Waals surface area contributed by atoms with Gasteiger partial charge < -0.3 is 10.1 Å². The van der Waals surface area contributed by atoms with Crippen molar-refractivity contribution in [1.29, 1.82) is 0 Å². The molecule has 0 aliphatic heterocycles. The maximum atomic E-state index is 13.2. The molecule has 5 aromatic rings. The Morgan fingerprint density at radius 3 is 2.56 bits per heavy atom. The van der Waals surface area contributed by atoms with Crippen LogP contribution in [-0.4, -0.2) is 30.7 Å². The highest BCUT2D eigenvalue weighted by molar-refractivity contribution is 6.05. The maximum absolute atomic E-state index is 13.2. The van der Waals surface area contributed by atoms with E-state index >= 15 is 0 Å². The molecule has 0 saturated carbocycles. The Morgan fingerprint density at radius 2 is 1.81 bits per heavy atom. The molecule has 7 nitrogen and oxygen atoms in total. The summed E-state index contributed by atoms with van der Waals surface area (Å²) in [5.74, 6) is 0.470. The van der Waals surface area contributed by atoms with E-state index in [2.05, 4.69) is 28.3 Å². The van der Waals surface area contributed by atoms with Crippen molar-refractivity contribution in [3.63, 3.8) is 0 Å². The lowest BCUT2D eigenvalue weighted by atomic mass is 10.1. The minimum absolute atomic E-state index is 0.191. The summed E-state index contributed by atoms with van der Waals surface area (Å²) < 4.78 is 10.0. The molecule has 0 unspecified atom stereocenters. The van der Waals surface area contributed by atoms with E-state index in [1.165, 1.54) is 0 Å². The number of rotatable bonds is 5. The summed E-state index contributed by atoms with van der Waals surface area (Å²) in [6.45, 7) is 10.0. The van der Waals surface area contributed by atoms with Crippen LogP contribution in [0, 0.1) is 13.8 Å². The summed E-state index contributed by atoms with van der Waals surface area (Å²) in [6, 6.07) is 17.2. The minimum Gasteiger partial charge on any atom is -0.488 e. The molecule has 0 spiro atoms. The third kappa shape index (κ3) is 4.60. The van der Waals surface area contributed by atoms with Crippen molar-refractivity contribution in [2.24, 2.45) is 0 Å². The second kappa shape index (κ2) is 9.00. The summed E-state index contributed by atoms with van der Waals surface area (Å²) in [6.07, 6.45) is 7.41. The minimum atomic E-state index is -0.346. The fourth-order valence-electron chi connectivity index (χ4n) is 4.27. The molecular formula is C29H29N5O2. The van der Waals surface area contributed by atoms with Gasteiger partial charge in [-0.05, 0) is 82.1 Å². The van der Waals surface area contributed by atoms with Crippen LogP contribution < -0.4 is 10.1 Å². The van der Waals surface area contributed by atoms with E-state index < -0.39 is 0 Å². The second-order valence-electron chi connectivity index (χ2n) is 9.87. The molecule has 36 heavy (non-hydrogen) atoms. The zero-order valence-electron chi connectivity index (χ0n) is 21.1. The Bertz CT molecular complexity index is 1560. The van der Waals surface area contributed by atoms with E-state index in [1.807, 2.05) is 91.9 Å². The molecule has 0 aliphatic carbocycles. The van der Waals surface area contributed by atoms with Crippen molar-refractivity contribution in [2.75, 3.05) is 5.32 Å². The lowest BCUT2D eigenvalue weighted by Crippen LogP contribution is -2.23. The van der Waals surface area contributed by atoms with Crippen LogP contribution in [0.4, 0.5) is 5.69 Å². The number of carbonyl (C=O) groups is 1. The number of amides is 1. The molecule has 5 rings (SSSR count). The summed E-state index contributed by atoms with van der Waals surface area (Å²) >= 11 is 0. The van der Waals surface area contributed by atoms with Gasteiger partial charge in [-0.3, -0.25) is 14.5 Å². The molecule has 3 aromatic heterocycles. The van der Waals surface area contributed by atoms with E-state index in [4.69, 9.17) is 4.74 Å². The Hall–Kier alpha value is -4.39. The standard InChI is InChI=1S/C29H29N5O2/c1-19-14-20(2)25(33-13-11-27-31-18-26(34(27)33)22-9-7-12-30-17-22)16-24(19)32-28(35)21-8-6-10-23(15-21)36-29(3,4)5/h6-18H,1-5H3,(H,32,35). The van der Waals surface area contributed by atoms with Crippen LogP contribution in [-0.2, 0) is 0 Å². The molecule has 1 amide bonds. The topological polar surface area (TPSA) is 73.5 Å². The van der Waals surface area contributed by atoms with Crippen molar-refractivity contribution in [3.8, 4) is 22.7 Å². The smallest absolute Gasteiger partial charge is 0.255 e. The van der Waals surface area contributed by atoms with E-state index in [9.17, 15) is 4.79 Å². The van der Waals surface area contributed by atoms with Crippen molar-refractivity contribution < 1.29 is 9.53 Å². The summed E-state index contributed by atoms with van der Waals surface area (Å²) in [5, 5.41) is 3.09. The third-order valence-electron chi connectivity index (χ3n) is 5.86. The Labute approximate surface area is 210 Å². The van der Waals surface area contributed by atoms with Gasteiger partial charge in [0.1, 0.15) is 11.4 Å². The van der Waals surface area contributed by atoms with Gasteiger partial charge in [0.05, 0.1) is 17.6 Å². The van der Waals surface area contributed by atoms with Gasteiger partial charge in [0.25, 0.3) is 5.91 Å². The molecule has 182 valence electrons. The number of nitrogens with one attached hydrogen (secondary N) is 1. The fraction of sp³-hybridized carbons (Fsp3) is 0.207. The summed E-state index contributed by atoms with van der Waals surface area (Å²) in [7, 11) is 0. The number of pyridine rings is 1. The highest BCUT2D eigenvalue weighted by Crippen LogP contribution is 2.28.